The molecule has 1 aromatic carbocycles. The molecule has 2 bridgehead atoms. The van der Waals surface area contributed by atoms with Crippen LogP contribution in [-0.2, 0) is 15.9 Å². The molecule has 4 heteroatoms. The van der Waals surface area contributed by atoms with Gasteiger partial charge >= 0.3 is 6.09 Å². The van der Waals surface area contributed by atoms with E-state index in [-0.39, 0.29) is 23.7 Å². The third kappa shape index (κ3) is 4.27. The normalized spacial score (nSPS) is 32.0. The summed E-state index contributed by atoms with van der Waals surface area (Å²) in [6.07, 6.45) is 4.31. The number of allylic oxidation sites excluding steroid dienone is 1. The average Bonchev–Trinajstić information content (AvgIpc) is 2.64. The van der Waals surface area contributed by atoms with Crippen molar-refractivity contribution in [2.24, 2.45) is 23.2 Å². The Morgan fingerprint density at radius 1 is 1.29 bits per heavy atom. The number of alkyl carbamates (subject to hydrolysis) is 1. The monoisotopic (exact) mass is 385 g/mol. The van der Waals surface area contributed by atoms with Crippen molar-refractivity contribution in [3.8, 4) is 0 Å². The van der Waals surface area contributed by atoms with Crippen LogP contribution in [0.2, 0.25) is 0 Å². The molecule has 5 atom stereocenters. The Morgan fingerprint density at radius 3 is 2.68 bits per heavy atom. The minimum atomic E-state index is -0.335. The second kappa shape index (κ2) is 8.69. The summed E-state index contributed by atoms with van der Waals surface area (Å²) >= 11 is 0. The van der Waals surface area contributed by atoms with Crippen molar-refractivity contribution < 1.29 is 14.3 Å². The van der Waals surface area contributed by atoms with Gasteiger partial charge in [0.15, 0.2) is 0 Å². The SMILES string of the molecule is CC1=C[C@H](C)[C@]2(COC(=O)NC(C)C)CO[C@H](CCc3ccccc3)[C@H]1[C@H]2C. The maximum atomic E-state index is 12.1. The molecule has 0 aromatic heterocycles. The van der Waals surface area contributed by atoms with Crippen LogP contribution in [-0.4, -0.2) is 31.5 Å². The summed E-state index contributed by atoms with van der Waals surface area (Å²) in [7, 11) is 0. The molecule has 1 amide bonds. The molecule has 2 aliphatic rings. The van der Waals surface area contributed by atoms with Gasteiger partial charge in [0, 0.05) is 17.4 Å². The molecular weight excluding hydrogens is 350 g/mol. The van der Waals surface area contributed by atoms with Crippen molar-refractivity contribution in [1.29, 1.82) is 0 Å². The molecule has 1 N–H and O–H groups in total. The number of carbonyl (C=O) groups excluding carboxylic acids is 1. The second-order valence-electron chi connectivity index (χ2n) is 9.00. The summed E-state index contributed by atoms with van der Waals surface area (Å²) in [5.41, 5.74) is 2.62. The highest BCUT2D eigenvalue weighted by atomic mass is 16.6. The number of fused-ring (bicyclic) bond motifs is 2. The first-order chi connectivity index (χ1) is 13.3. The maximum absolute atomic E-state index is 12.1. The van der Waals surface area contributed by atoms with E-state index in [0.29, 0.717) is 31.0 Å². The van der Waals surface area contributed by atoms with Crippen LogP contribution >= 0.6 is 0 Å². The number of benzene rings is 1. The molecule has 0 radical (unpaired) electrons. The fourth-order valence-electron chi connectivity index (χ4n) is 5.08. The van der Waals surface area contributed by atoms with E-state index in [4.69, 9.17) is 9.47 Å². The van der Waals surface area contributed by atoms with Crippen LogP contribution in [0.25, 0.3) is 0 Å². The summed E-state index contributed by atoms with van der Waals surface area (Å²) in [5.74, 6) is 1.11. The van der Waals surface area contributed by atoms with Crippen molar-refractivity contribution in [2.45, 2.75) is 59.6 Å². The molecule has 4 nitrogen and oxygen atoms in total. The van der Waals surface area contributed by atoms with Gasteiger partial charge in [-0.2, -0.15) is 0 Å². The van der Waals surface area contributed by atoms with E-state index in [1.807, 2.05) is 13.8 Å². The van der Waals surface area contributed by atoms with Crippen molar-refractivity contribution in [3.63, 3.8) is 0 Å². The number of amides is 1. The van der Waals surface area contributed by atoms with Crippen LogP contribution in [0.3, 0.4) is 0 Å². The molecule has 0 unspecified atom stereocenters. The van der Waals surface area contributed by atoms with Crippen LogP contribution < -0.4 is 5.32 Å². The Kier molecular flexibility index (Phi) is 6.49. The van der Waals surface area contributed by atoms with Gasteiger partial charge in [0.2, 0.25) is 0 Å². The number of aryl methyl sites for hydroxylation is 1. The van der Waals surface area contributed by atoms with Crippen molar-refractivity contribution in [1.82, 2.24) is 5.32 Å². The van der Waals surface area contributed by atoms with Crippen LogP contribution in [0.15, 0.2) is 42.0 Å². The topological polar surface area (TPSA) is 47.6 Å². The summed E-state index contributed by atoms with van der Waals surface area (Å²) < 4.78 is 12.1. The molecule has 0 spiro atoms. The molecule has 28 heavy (non-hydrogen) atoms. The second-order valence-corrected chi connectivity index (χ2v) is 9.00. The van der Waals surface area contributed by atoms with Crippen molar-refractivity contribution in [3.05, 3.63) is 47.5 Å². The summed E-state index contributed by atoms with van der Waals surface area (Å²) in [6, 6.07) is 10.7. The zero-order chi connectivity index (χ0) is 20.3. The van der Waals surface area contributed by atoms with Gasteiger partial charge in [0.25, 0.3) is 0 Å². The van der Waals surface area contributed by atoms with Gasteiger partial charge in [-0.25, -0.2) is 4.79 Å². The van der Waals surface area contributed by atoms with Gasteiger partial charge in [-0.3, -0.25) is 0 Å². The third-order valence-electron chi connectivity index (χ3n) is 6.80. The largest absolute Gasteiger partial charge is 0.449 e. The first kappa shape index (κ1) is 20.9. The van der Waals surface area contributed by atoms with Crippen LogP contribution in [0, 0.1) is 23.2 Å². The van der Waals surface area contributed by atoms with E-state index in [1.54, 1.807) is 0 Å². The van der Waals surface area contributed by atoms with Gasteiger partial charge < -0.3 is 14.8 Å². The number of rotatable bonds is 6. The maximum Gasteiger partial charge on any atom is 0.407 e. The molecule has 1 saturated heterocycles. The standard InChI is InChI=1S/C24H35NO3/c1-16(2)25-23(26)28-15-24-14-27-21(12-11-20-9-7-6-8-10-20)22(19(24)5)17(3)13-18(24)4/h6-10,13,16,18-19,21-22H,11-12,14-15H2,1-5H3,(H,25,26)/t18-,19+,21+,22+,24+/m0/s1. The van der Waals surface area contributed by atoms with Crippen LogP contribution in [0.4, 0.5) is 4.79 Å². The molecule has 1 fully saturated rings. The number of ether oxygens (including phenoxy) is 2. The van der Waals surface area contributed by atoms with Gasteiger partial charge in [-0.15, -0.1) is 0 Å². The van der Waals surface area contributed by atoms with E-state index in [0.717, 1.165) is 12.8 Å². The third-order valence-corrected chi connectivity index (χ3v) is 6.80. The molecule has 0 saturated carbocycles. The highest BCUT2D eigenvalue weighted by molar-refractivity contribution is 5.67. The minimum Gasteiger partial charge on any atom is -0.449 e. The number of carbonyl (C=O) groups is 1. The fourth-order valence-corrected chi connectivity index (χ4v) is 5.08. The predicted molar refractivity (Wildman–Crippen MR) is 112 cm³/mol. The lowest BCUT2D eigenvalue weighted by Crippen LogP contribution is -2.57. The Balaban J connectivity index is 1.71. The van der Waals surface area contributed by atoms with Gasteiger partial charge in [-0.05, 0) is 51.0 Å². The average molecular weight is 386 g/mol. The Hall–Kier alpha value is -1.81. The smallest absolute Gasteiger partial charge is 0.407 e. The molecule has 1 aliphatic carbocycles. The van der Waals surface area contributed by atoms with Gasteiger partial charge in [0.1, 0.15) is 6.61 Å². The van der Waals surface area contributed by atoms with Crippen LogP contribution in [0.5, 0.6) is 0 Å². The molecular formula is C24H35NO3. The van der Waals surface area contributed by atoms with Crippen molar-refractivity contribution in [2.75, 3.05) is 13.2 Å². The van der Waals surface area contributed by atoms with Crippen molar-refractivity contribution >= 4 is 6.09 Å². The minimum absolute atomic E-state index is 0.0751. The molecule has 1 aliphatic heterocycles. The Bertz CT molecular complexity index is 699. The molecule has 154 valence electrons. The summed E-state index contributed by atoms with van der Waals surface area (Å²) in [6.45, 7) is 11.7. The quantitative estimate of drug-likeness (QED) is 0.702. The molecule has 1 heterocycles. The number of nitrogens with one attached hydrogen (secondary N) is 1. The Morgan fingerprint density at radius 2 is 2.00 bits per heavy atom. The fraction of sp³-hybridized carbons (Fsp3) is 0.625. The van der Waals surface area contributed by atoms with Crippen LogP contribution in [0.1, 0.15) is 46.6 Å². The highest BCUT2D eigenvalue weighted by Crippen LogP contribution is 2.53. The molecule has 1 aromatic rings. The zero-order valence-corrected chi connectivity index (χ0v) is 17.9. The lowest BCUT2D eigenvalue weighted by molar-refractivity contribution is -0.164. The first-order valence-electron chi connectivity index (χ1n) is 10.6. The zero-order valence-electron chi connectivity index (χ0n) is 17.9. The number of hydrogen-bond acceptors (Lipinski definition) is 3. The van der Waals surface area contributed by atoms with Gasteiger partial charge in [0.05, 0.1) is 12.7 Å². The van der Waals surface area contributed by atoms with E-state index in [9.17, 15) is 4.79 Å². The van der Waals surface area contributed by atoms with E-state index < -0.39 is 0 Å². The first-order valence-corrected chi connectivity index (χ1v) is 10.6. The molecule has 3 rings (SSSR count). The lowest BCUT2D eigenvalue weighted by Gasteiger charge is -2.55. The predicted octanol–water partition coefficient (Wildman–Crippen LogP) is 4.99. The Labute approximate surface area is 169 Å². The summed E-state index contributed by atoms with van der Waals surface area (Å²) in [5, 5.41) is 2.82. The number of hydrogen-bond donors (Lipinski definition) is 1. The van der Waals surface area contributed by atoms with E-state index in [1.165, 1.54) is 11.1 Å². The van der Waals surface area contributed by atoms with E-state index in [2.05, 4.69) is 62.5 Å². The summed E-state index contributed by atoms with van der Waals surface area (Å²) in [4.78, 5) is 12.1. The highest BCUT2D eigenvalue weighted by Gasteiger charge is 2.54. The lowest BCUT2D eigenvalue weighted by atomic mass is 9.56. The van der Waals surface area contributed by atoms with E-state index >= 15 is 0 Å². The van der Waals surface area contributed by atoms with Gasteiger partial charge in [-0.1, -0.05) is 55.8 Å².